The Hall–Kier alpha value is -0.666. The van der Waals surface area contributed by atoms with E-state index in [-0.39, 0.29) is 28.6 Å². The van der Waals surface area contributed by atoms with Crippen LogP contribution in [-0.2, 0) is 18.4 Å². The molecular weight excluding hydrogens is 268 g/mol. The second kappa shape index (κ2) is 16.3. The van der Waals surface area contributed by atoms with E-state index in [1.807, 2.05) is 0 Å². The Bertz CT molecular complexity index is 208. The van der Waals surface area contributed by atoms with Gasteiger partial charge in [-0.15, -0.1) is 0 Å². The van der Waals surface area contributed by atoms with E-state index < -0.39 is 5.97 Å². The Labute approximate surface area is 115 Å². The maximum atomic E-state index is 10.6. The predicted molar refractivity (Wildman–Crippen MR) is 77.4 cm³/mol. The summed E-state index contributed by atoms with van der Waals surface area (Å²) in [6.45, 7) is 4.29. The molecule has 0 saturated heterocycles. The topological polar surface area (TPSA) is 72.8 Å². The van der Waals surface area contributed by atoms with Crippen molar-refractivity contribution in [1.29, 1.82) is 0 Å². The van der Waals surface area contributed by atoms with Crippen molar-refractivity contribution >= 4 is 32.2 Å². The third kappa shape index (κ3) is 20.7. The Balaban J connectivity index is 0. The van der Waals surface area contributed by atoms with Crippen LogP contribution in [0.2, 0.25) is 6.04 Å². The molecule has 0 aliphatic carbocycles. The minimum absolute atomic E-state index is 0.0266. The van der Waals surface area contributed by atoms with Gasteiger partial charge in [-0.05, 0) is 19.4 Å². The van der Waals surface area contributed by atoms with Gasteiger partial charge in [-0.3, -0.25) is 9.59 Å². The van der Waals surface area contributed by atoms with Gasteiger partial charge in [-0.25, -0.2) is 0 Å². The quantitative estimate of drug-likeness (QED) is 0.378. The molecule has 0 aromatic carbocycles. The zero-order chi connectivity index (χ0) is 14.2. The van der Waals surface area contributed by atoms with Crippen molar-refractivity contribution in [3.05, 3.63) is 0 Å². The Morgan fingerprint density at radius 1 is 1.22 bits per heavy atom. The van der Waals surface area contributed by atoms with Crippen molar-refractivity contribution in [2.45, 2.75) is 52.0 Å². The standard InChI is InChI=1S/C7H12O4.C4H14OSi2/c1-2-11-7(10)5-3-4-6(8)9;1-2-3-4-7-5-6/h2-5H2,1H3,(H,8,9);2-4,7H2,1,6H3. The number of carbonyl (C=O) groups is 2. The summed E-state index contributed by atoms with van der Waals surface area (Å²) < 4.78 is 9.71. The van der Waals surface area contributed by atoms with Crippen molar-refractivity contribution in [2.24, 2.45) is 0 Å². The van der Waals surface area contributed by atoms with E-state index in [2.05, 4.69) is 11.7 Å². The minimum Gasteiger partial charge on any atom is -0.481 e. The molecule has 0 fully saturated rings. The lowest BCUT2D eigenvalue weighted by Gasteiger charge is -1.98. The Morgan fingerprint density at radius 3 is 2.33 bits per heavy atom. The van der Waals surface area contributed by atoms with E-state index in [1.54, 1.807) is 6.92 Å². The van der Waals surface area contributed by atoms with E-state index in [9.17, 15) is 9.59 Å². The van der Waals surface area contributed by atoms with Crippen LogP contribution >= 0.6 is 0 Å². The predicted octanol–water partition coefficient (Wildman–Crippen LogP) is 0.390. The van der Waals surface area contributed by atoms with E-state index in [4.69, 9.17) is 9.22 Å². The number of carboxylic acid groups (broad SMARTS) is 1. The number of ether oxygens (including phenoxy) is 1. The smallest absolute Gasteiger partial charge is 0.305 e. The lowest BCUT2D eigenvalue weighted by molar-refractivity contribution is -0.143. The number of hydrogen-bond acceptors (Lipinski definition) is 4. The van der Waals surface area contributed by atoms with Crippen LogP contribution in [0.15, 0.2) is 0 Å². The third-order valence-electron chi connectivity index (χ3n) is 2.03. The fraction of sp³-hybridized carbons (Fsp3) is 0.818. The fourth-order valence-corrected chi connectivity index (χ4v) is 2.97. The zero-order valence-corrected chi connectivity index (χ0v) is 15.2. The molecular formula is C11H26O5Si2. The summed E-state index contributed by atoms with van der Waals surface area (Å²) in [6.07, 6.45) is 3.29. The molecule has 18 heavy (non-hydrogen) atoms. The third-order valence-corrected chi connectivity index (χ3v) is 4.45. The summed E-state index contributed by atoms with van der Waals surface area (Å²) >= 11 is 0. The van der Waals surface area contributed by atoms with Gasteiger partial charge in [0, 0.05) is 12.8 Å². The average molecular weight is 294 g/mol. The second-order valence-corrected chi connectivity index (χ2v) is 7.18. The molecule has 0 unspecified atom stereocenters. The number of carboxylic acids is 1. The molecule has 0 aromatic rings. The molecule has 0 rings (SSSR count). The van der Waals surface area contributed by atoms with E-state index in [0.717, 1.165) is 10.5 Å². The summed E-state index contributed by atoms with van der Waals surface area (Å²) in [4.78, 5) is 20.6. The molecule has 7 heteroatoms. The highest BCUT2D eigenvalue weighted by molar-refractivity contribution is 6.34. The molecule has 0 radical (unpaired) electrons. The van der Waals surface area contributed by atoms with Gasteiger partial charge in [0.05, 0.1) is 6.61 Å². The first-order valence-corrected chi connectivity index (χ1v) is 8.84. The van der Waals surface area contributed by atoms with Crippen LogP contribution in [0.25, 0.3) is 0 Å². The molecule has 1 N–H and O–H groups in total. The first-order chi connectivity index (χ1) is 8.58. The van der Waals surface area contributed by atoms with Gasteiger partial charge in [0.1, 0.15) is 20.2 Å². The Morgan fingerprint density at radius 2 is 1.89 bits per heavy atom. The molecule has 0 aliphatic heterocycles. The van der Waals surface area contributed by atoms with Crippen LogP contribution in [0.4, 0.5) is 0 Å². The molecule has 0 spiro atoms. The molecule has 5 nitrogen and oxygen atoms in total. The number of carbonyl (C=O) groups excluding carboxylic acids is 1. The maximum Gasteiger partial charge on any atom is 0.305 e. The van der Waals surface area contributed by atoms with E-state index in [1.165, 1.54) is 18.9 Å². The molecule has 0 aliphatic rings. The van der Waals surface area contributed by atoms with Gasteiger partial charge < -0.3 is 14.0 Å². The first-order valence-electron chi connectivity index (χ1n) is 6.44. The van der Waals surface area contributed by atoms with Gasteiger partial charge in [0.2, 0.25) is 0 Å². The SMILES string of the molecule is CCCC[SiH2]O[SiH3].CCOC(=O)CCCC(=O)O. The summed E-state index contributed by atoms with van der Waals surface area (Å²) in [7, 11) is 0.940. The molecule has 0 heterocycles. The first kappa shape index (κ1) is 19.7. The summed E-state index contributed by atoms with van der Waals surface area (Å²) in [5.41, 5.74) is 0. The fourth-order valence-electron chi connectivity index (χ4n) is 1.11. The highest BCUT2D eigenvalue weighted by atomic mass is 28.3. The minimum atomic E-state index is -0.880. The van der Waals surface area contributed by atoms with E-state index >= 15 is 0 Å². The summed E-state index contributed by atoms with van der Waals surface area (Å²) in [6, 6.07) is 1.39. The number of rotatable bonds is 9. The van der Waals surface area contributed by atoms with Gasteiger partial charge in [-0.1, -0.05) is 19.8 Å². The largest absolute Gasteiger partial charge is 0.481 e. The highest BCUT2D eigenvalue weighted by Crippen LogP contribution is 1.97. The van der Waals surface area contributed by atoms with Crippen LogP contribution in [0.3, 0.4) is 0 Å². The lowest BCUT2D eigenvalue weighted by atomic mass is 10.2. The van der Waals surface area contributed by atoms with Gasteiger partial charge in [-0.2, -0.15) is 0 Å². The van der Waals surface area contributed by atoms with Crippen molar-refractivity contribution in [3.63, 3.8) is 0 Å². The number of aliphatic carboxylic acids is 1. The van der Waals surface area contributed by atoms with Crippen molar-refractivity contribution in [3.8, 4) is 0 Å². The summed E-state index contributed by atoms with van der Waals surface area (Å²) in [5.74, 6) is -1.21. The van der Waals surface area contributed by atoms with Crippen LogP contribution in [-0.4, -0.2) is 43.9 Å². The molecule has 0 amide bonds. The maximum absolute atomic E-state index is 10.6. The van der Waals surface area contributed by atoms with Gasteiger partial charge >= 0.3 is 11.9 Å². The molecule has 0 bridgehead atoms. The zero-order valence-electron chi connectivity index (χ0n) is 11.7. The van der Waals surface area contributed by atoms with Crippen LogP contribution < -0.4 is 0 Å². The Kier molecular flexibility index (Phi) is 17.8. The summed E-state index contributed by atoms with van der Waals surface area (Å²) in [5, 5.41) is 8.20. The molecule has 0 aromatic heterocycles. The van der Waals surface area contributed by atoms with Gasteiger partial charge in [0.25, 0.3) is 0 Å². The van der Waals surface area contributed by atoms with E-state index in [0.29, 0.717) is 13.0 Å². The molecule has 0 atom stereocenters. The van der Waals surface area contributed by atoms with Crippen molar-refractivity contribution in [2.75, 3.05) is 6.61 Å². The molecule has 0 saturated carbocycles. The van der Waals surface area contributed by atoms with Crippen molar-refractivity contribution in [1.82, 2.24) is 0 Å². The van der Waals surface area contributed by atoms with Crippen LogP contribution in [0.5, 0.6) is 0 Å². The number of hydrogen-bond donors (Lipinski definition) is 1. The number of esters is 1. The molecule has 108 valence electrons. The number of unbranched alkanes of at least 4 members (excludes halogenated alkanes) is 1. The lowest BCUT2D eigenvalue weighted by Crippen LogP contribution is -2.04. The second-order valence-electron chi connectivity index (χ2n) is 3.75. The average Bonchev–Trinajstić information content (AvgIpc) is 2.30. The van der Waals surface area contributed by atoms with Gasteiger partial charge in [0.15, 0.2) is 0 Å². The van der Waals surface area contributed by atoms with Crippen LogP contribution in [0.1, 0.15) is 46.0 Å². The monoisotopic (exact) mass is 294 g/mol. The normalized spacial score (nSPS) is 10.1. The highest BCUT2D eigenvalue weighted by Gasteiger charge is 2.02. The van der Waals surface area contributed by atoms with Crippen LogP contribution in [0, 0.1) is 0 Å². The van der Waals surface area contributed by atoms with Crippen molar-refractivity contribution < 1.29 is 23.5 Å².